The van der Waals surface area contributed by atoms with Crippen LogP contribution in [0.25, 0.3) is 5.69 Å². The van der Waals surface area contributed by atoms with Gasteiger partial charge in [-0.2, -0.15) is 9.78 Å². The lowest BCUT2D eigenvalue weighted by Crippen LogP contribution is -2.51. The molecule has 0 saturated heterocycles. The Balaban J connectivity index is 2.13. The van der Waals surface area contributed by atoms with Crippen molar-refractivity contribution in [3.63, 3.8) is 0 Å². The maximum absolute atomic E-state index is 13.2. The minimum Gasteiger partial charge on any atom is -0.376 e. The second-order valence-electron chi connectivity index (χ2n) is 7.04. The van der Waals surface area contributed by atoms with Gasteiger partial charge in [-0.05, 0) is 50.3 Å². The molecular weight excluding hydrogens is 461 g/mol. The molecule has 0 fully saturated rings. The van der Waals surface area contributed by atoms with Gasteiger partial charge in [0.15, 0.2) is 5.11 Å². The molecule has 11 heteroatoms. The van der Waals surface area contributed by atoms with Crippen molar-refractivity contribution in [3.8, 4) is 5.69 Å². The number of aromatic nitrogens is 3. The molecule has 0 aliphatic rings. The number of nitrogens with one attached hydrogen (secondary N) is 1. The van der Waals surface area contributed by atoms with Gasteiger partial charge >= 0.3 is 5.69 Å². The van der Waals surface area contributed by atoms with E-state index in [0.717, 1.165) is 10.9 Å². The third kappa shape index (κ3) is 4.39. The van der Waals surface area contributed by atoms with Crippen molar-refractivity contribution in [2.45, 2.75) is 19.4 Å². The molecule has 1 heterocycles. The minimum absolute atomic E-state index is 0.148. The summed E-state index contributed by atoms with van der Waals surface area (Å²) in [5, 5.41) is 3.93. The van der Waals surface area contributed by atoms with E-state index in [1.165, 1.54) is 17.0 Å². The lowest BCUT2D eigenvalue weighted by molar-refractivity contribution is 0.0728. The zero-order valence-electron chi connectivity index (χ0n) is 16.4. The first-order valence-corrected chi connectivity index (χ1v) is 10.1. The number of carbonyl (C=O) groups excluding carboxylic acids is 1. The summed E-state index contributed by atoms with van der Waals surface area (Å²) in [5.74, 6) is -0.423. The molecule has 0 aliphatic carbocycles. The van der Waals surface area contributed by atoms with Crippen LogP contribution < -0.4 is 17.0 Å². The van der Waals surface area contributed by atoms with Crippen LogP contribution in [0.5, 0.6) is 0 Å². The van der Waals surface area contributed by atoms with E-state index >= 15 is 0 Å². The van der Waals surface area contributed by atoms with Gasteiger partial charge in [0.25, 0.3) is 11.5 Å². The zero-order valence-corrected chi connectivity index (χ0v) is 18.8. The van der Waals surface area contributed by atoms with Crippen molar-refractivity contribution >= 4 is 46.4 Å². The molecule has 0 atom stereocenters. The average molecular weight is 478 g/mol. The summed E-state index contributed by atoms with van der Waals surface area (Å²) in [5.41, 5.74) is 4.36. The Labute approximate surface area is 192 Å². The van der Waals surface area contributed by atoms with E-state index in [9.17, 15) is 14.4 Å². The molecule has 3 rings (SSSR count). The van der Waals surface area contributed by atoms with Crippen molar-refractivity contribution in [1.29, 1.82) is 0 Å². The van der Waals surface area contributed by atoms with Crippen molar-refractivity contribution < 1.29 is 4.79 Å². The van der Waals surface area contributed by atoms with Gasteiger partial charge in [-0.1, -0.05) is 41.4 Å². The summed E-state index contributed by atoms with van der Waals surface area (Å²) in [6, 6.07) is 11.4. The smallest absolute Gasteiger partial charge is 0.349 e. The number of H-pyrrole nitrogens is 1. The van der Waals surface area contributed by atoms with Gasteiger partial charge in [-0.15, -0.1) is 0 Å². The van der Waals surface area contributed by atoms with E-state index in [1.54, 1.807) is 44.2 Å². The summed E-state index contributed by atoms with van der Waals surface area (Å²) < 4.78 is 0.941. The third-order valence-corrected chi connectivity index (χ3v) is 5.38. The van der Waals surface area contributed by atoms with Crippen molar-refractivity contribution in [3.05, 3.63) is 90.7 Å². The zero-order chi connectivity index (χ0) is 22.9. The Morgan fingerprint density at radius 1 is 1.16 bits per heavy atom. The lowest BCUT2D eigenvalue weighted by Gasteiger charge is -2.39. The van der Waals surface area contributed by atoms with Crippen LogP contribution in [0.3, 0.4) is 0 Å². The van der Waals surface area contributed by atoms with Crippen molar-refractivity contribution in [2.24, 2.45) is 5.73 Å². The molecule has 0 radical (unpaired) electrons. The predicted octanol–water partition coefficient (Wildman–Crippen LogP) is 2.85. The van der Waals surface area contributed by atoms with Crippen molar-refractivity contribution in [2.75, 3.05) is 0 Å². The number of thiocarbonyl (C=S) groups is 1. The molecule has 0 unspecified atom stereocenters. The van der Waals surface area contributed by atoms with Crippen LogP contribution in [0.4, 0.5) is 0 Å². The minimum atomic E-state index is -1.14. The first-order valence-electron chi connectivity index (χ1n) is 8.91. The number of aromatic amines is 1. The Morgan fingerprint density at radius 2 is 1.74 bits per heavy atom. The second-order valence-corrected chi connectivity index (χ2v) is 8.27. The Kier molecular flexibility index (Phi) is 6.30. The van der Waals surface area contributed by atoms with Gasteiger partial charge in [0.1, 0.15) is 6.20 Å². The highest BCUT2D eigenvalue weighted by molar-refractivity contribution is 7.80. The molecule has 0 spiro atoms. The predicted molar refractivity (Wildman–Crippen MR) is 123 cm³/mol. The number of hydrogen-bond acceptors (Lipinski definition) is 5. The van der Waals surface area contributed by atoms with Crippen LogP contribution in [-0.4, -0.2) is 30.7 Å². The molecular formula is C20H17Cl2N5O3S. The summed E-state index contributed by atoms with van der Waals surface area (Å²) in [7, 11) is 0. The molecule has 160 valence electrons. The number of hydrogen-bond donors (Lipinski definition) is 2. The SMILES string of the molecule is CC(C)(c1c(Cl)cc(-n2ncc(=O)[nH]c2=O)cc1Cl)N(C(=O)c1ccccc1)C(N)=S. The Hall–Kier alpha value is -3.01. The quantitative estimate of drug-likeness (QED) is 0.558. The van der Waals surface area contributed by atoms with Gasteiger partial charge in [0.2, 0.25) is 0 Å². The highest BCUT2D eigenvalue weighted by Crippen LogP contribution is 2.40. The maximum atomic E-state index is 13.2. The van der Waals surface area contributed by atoms with E-state index in [4.69, 9.17) is 41.2 Å². The fourth-order valence-corrected chi connectivity index (χ4v) is 4.50. The van der Waals surface area contributed by atoms with Crippen LogP contribution >= 0.6 is 35.4 Å². The topological polar surface area (TPSA) is 114 Å². The first kappa shape index (κ1) is 22.7. The number of rotatable bonds is 4. The summed E-state index contributed by atoms with van der Waals surface area (Å²) in [6.45, 7) is 3.40. The van der Waals surface area contributed by atoms with Gasteiger partial charge in [0.05, 0.1) is 11.2 Å². The number of nitrogens with zero attached hydrogens (tertiary/aromatic N) is 3. The monoisotopic (exact) mass is 477 g/mol. The van der Waals surface area contributed by atoms with Gasteiger partial charge in [-0.25, -0.2) is 4.79 Å². The fraction of sp³-hybridized carbons (Fsp3) is 0.150. The largest absolute Gasteiger partial charge is 0.376 e. The van der Waals surface area contributed by atoms with Gasteiger partial charge in [0, 0.05) is 21.2 Å². The number of carbonyl (C=O) groups is 1. The summed E-state index contributed by atoms with van der Waals surface area (Å²) in [4.78, 5) is 39.8. The van der Waals surface area contributed by atoms with E-state index in [0.29, 0.717) is 11.1 Å². The Bertz CT molecular complexity index is 1260. The molecule has 1 aromatic heterocycles. The average Bonchev–Trinajstić information content (AvgIpc) is 2.67. The standard InChI is InChI=1S/C20H17Cl2N5O3S/c1-20(2,26(18(23)31)17(29)11-6-4-3-5-7-11)16-13(21)8-12(9-14(16)22)27-19(30)25-15(28)10-24-27/h3-10H,1-2H3,(H2,23,31)(H,25,28,30). The molecule has 0 saturated carbocycles. The van der Waals surface area contributed by atoms with Crippen LogP contribution in [0.1, 0.15) is 29.8 Å². The van der Waals surface area contributed by atoms with Crippen molar-refractivity contribution in [1.82, 2.24) is 19.7 Å². The van der Waals surface area contributed by atoms with E-state index in [1.807, 2.05) is 0 Å². The Morgan fingerprint density at radius 3 is 2.26 bits per heavy atom. The third-order valence-electron chi connectivity index (χ3n) is 4.60. The molecule has 2 aromatic carbocycles. The molecule has 1 amide bonds. The number of nitrogens with two attached hydrogens (primary N) is 1. The number of amides is 1. The van der Waals surface area contributed by atoms with E-state index in [-0.39, 0.29) is 20.8 Å². The molecule has 3 aromatic rings. The first-order chi connectivity index (χ1) is 14.5. The molecule has 31 heavy (non-hydrogen) atoms. The second kappa shape index (κ2) is 8.62. The van der Waals surface area contributed by atoms with Crippen LogP contribution in [0.2, 0.25) is 10.0 Å². The van der Waals surface area contributed by atoms with Crippen LogP contribution in [0, 0.1) is 0 Å². The molecule has 8 nitrogen and oxygen atoms in total. The normalized spacial score (nSPS) is 11.2. The maximum Gasteiger partial charge on any atom is 0.349 e. The highest BCUT2D eigenvalue weighted by atomic mass is 35.5. The number of halogens is 2. The highest BCUT2D eigenvalue weighted by Gasteiger charge is 2.38. The van der Waals surface area contributed by atoms with Gasteiger partial charge < -0.3 is 5.73 Å². The molecule has 3 N–H and O–H groups in total. The number of benzene rings is 2. The summed E-state index contributed by atoms with van der Waals surface area (Å²) in [6.07, 6.45) is 0.953. The summed E-state index contributed by atoms with van der Waals surface area (Å²) >= 11 is 18.2. The van der Waals surface area contributed by atoms with Crippen LogP contribution in [0.15, 0.2) is 58.3 Å². The molecule has 0 bridgehead atoms. The molecule has 0 aliphatic heterocycles. The van der Waals surface area contributed by atoms with E-state index < -0.39 is 22.7 Å². The fourth-order valence-electron chi connectivity index (χ4n) is 3.25. The van der Waals surface area contributed by atoms with E-state index in [2.05, 4.69) is 10.1 Å². The van der Waals surface area contributed by atoms with Gasteiger partial charge in [-0.3, -0.25) is 19.5 Å². The lowest BCUT2D eigenvalue weighted by atomic mass is 9.91. The van der Waals surface area contributed by atoms with Crippen LogP contribution in [-0.2, 0) is 5.54 Å².